The molecule has 0 spiro atoms. The molecule has 1 N–H and O–H groups in total. The monoisotopic (exact) mass is 210 g/mol. The average Bonchev–Trinajstić information content (AvgIpc) is 2.67. The van der Waals surface area contributed by atoms with Crippen molar-refractivity contribution in [1.82, 2.24) is 0 Å². The average molecular weight is 210 g/mol. The fourth-order valence-corrected chi connectivity index (χ4v) is 2.01. The molecule has 0 aromatic heterocycles. The normalized spacial score (nSPS) is 27.9. The highest BCUT2D eigenvalue weighted by Gasteiger charge is 2.38. The van der Waals surface area contributed by atoms with E-state index in [1.807, 2.05) is 6.92 Å². The van der Waals surface area contributed by atoms with Crippen LogP contribution in [0.3, 0.4) is 0 Å². The smallest absolute Gasteiger partial charge is 0.123 e. The molecule has 2 atom stereocenters. The predicted octanol–water partition coefficient (Wildman–Crippen LogP) is 2.43. The second-order valence-corrected chi connectivity index (χ2v) is 4.22. The topological polar surface area (TPSA) is 29.5 Å². The SMILES string of the molecule is CC1(C(O)c2ccc(F)cc2)CCCO1. The Labute approximate surface area is 88.7 Å². The number of hydrogen-bond acceptors (Lipinski definition) is 2. The second kappa shape index (κ2) is 3.91. The molecular weight excluding hydrogens is 195 g/mol. The summed E-state index contributed by atoms with van der Waals surface area (Å²) in [5.74, 6) is -0.288. The van der Waals surface area contributed by atoms with Gasteiger partial charge in [0.1, 0.15) is 11.9 Å². The van der Waals surface area contributed by atoms with Gasteiger partial charge in [-0.05, 0) is 37.5 Å². The van der Waals surface area contributed by atoms with Crippen molar-refractivity contribution >= 4 is 0 Å². The minimum absolute atomic E-state index is 0.288. The lowest BCUT2D eigenvalue weighted by Gasteiger charge is -2.29. The molecule has 1 heterocycles. The molecule has 1 saturated heterocycles. The van der Waals surface area contributed by atoms with Gasteiger partial charge in [-0.25, -0.2) is 4.39 Å². The van der Waals surface area contributed by atoms with E-state index in [0.717, 1.165) is 12.8 Å². The highest BCUT2D eigenvalue weighted by molar-refractivity contribution is 5.21. The standard InChI is InChI=1S/C12H15FO2/c1-12(7-2-8-15-12)11(14)9-3-5-10(13)6-4-9/h3-6,11,14H,2,7-8H2,1H3. The van der Waals surface area contributed by atoms with Crippen molar-refractivity contribution in [1.29, 1.82) is 0 Å². The van der Waals surface area contributed by atoms with Crippen LogP contribution in [0.15, 0.2) is 24.3 Å². The highest BCUT2D eigenvalue weighted by atomic mass is 19.1. The molecule has 0 saturated carbocycles. The quantitative estimate of drug-likeness (QED) is 0.812. The number of ether oxygens (including phenoxy) is 1. The highest BCUT2D eigenvalue weighted by Crippen LogP contribution is 2.37. The first kappa shape index (κ1) is 10.6. The molecule has 1 aromatic rings. The van der Waals surface area contributed by atoms with Crippen molar-refractivity contribution in [2.75, 3.05) is 6.61 Å². The van der Waals surface area contributed by atoms with Crippen LogP contribution < -0.4 is 0 Å². The van der Waals surface area contributed by atoms with Crippen molar-refractivity contribution in [3.05, 3.63) is 35.6 Å². The van der Waals surface area contributed by atoms with Crippen LogP contribution in [-0.4, -0.2) is 17.3 Å². The van der Waals surface area contributed by atoms with Crippen molar-refractivity contribution in [2.45, 2.75) is 31.5 Å². The summed E-state index contributed by atoms with van der Waals surface area (Å²) >= 11 is 0. The van der Waals surface area contributed by atoms with Gasteiger partial charge in [0.2, 0.25) is 0 Å². The molecular formula is C12H15FO2. The summed E-state index contributed by atoms with van der Waals surface area (Å²) < 4.78 is 18.3. The lowest BCUT2D eigenvalue weighted by Crippen LogP contribution is -2.31. The van der Waals surface area contributed by atoms with E-state index in [-0.39, 0.29) is 5.82 Å². The van der Waals surface area contributed by atoms with E-state index in [0.29, 0.717) is 12.2 Å². The van der Waals surface area contributed by atoms with Crippen molar-refractivity contribution in [2.24, 2.45) is 0 Å². The first-order valence-corrected chi connectivity index (χ1v) is 5.19. The van der Waals surface area contributed by atoms with Gasteiger partial charge in [0.05, 0.1) is 5.60 Å². The molecule has 2 unspecified atom stereocenters. The molecule has 82 valence electrons. The summed E-state index contributed by atoms with van der Waals surface area (Å²) in [6.07, 6.45) is 1.13. The minimum atomic E-state index is -0.680. The summed E-state index contributed by atoms with van der Waals surface area (Å²) in [7, 11) is 0. The maximum absolute atomic E-state index is 12.7. The summed E-state index contributed by atoms with van der Waals surface area (Å²) in [4.78, 5) is 0. The van der Waals surface area contributed by atoms with Gasteiger partial charge >= 0.3 is 0 Å². The van der Waals surface area contributed by atoms with Gasteiger partial charge in [-0.1, -0.05) is 12.1 Å². The van der Waals surface area contributed by atoms with Crippen LogP contribution in [0.1, 0.15) is 31.4 Å². The van der Waals surface area contributed by atoms with Gasteiger partial charge in [0.25, 0.3) is 0 Å². The summed E-state index contributed by atoms with van der Waals surface area (Å²) in [5.41, 5.74) is 0.193. The van der Waals surface area contributed by atoms with Gasteiger partial charge in [-0.15, -0.1) is 0 Å². The molecule has 1 aliphatic heterocycles. The third-order valence-electron chi connectivity index (χ3n) is 3.01. The van der Waals surface area contributed by atoms with Crippen LogP contribution in [0.4, 0.5) is 4.39 Å². The molecule has 15 heavy (non-hydrogen) atoms. The Balaban J connectivity index is 2.19. The van der Waals surface area contributed by atoms with E-state index in [4.69, 9.17) is 4.74 Å². The van der Waals surface area contributed by atoms with Crippen molar-refractivity contribution in [3.63, 3.8) is 0 Å². The predicted molar refractivity (Wildman–Crippen MR) is 55.0 cm³/mol. The fourth-order valence-electron chi connectivity index (χ4n) is 2.01. The molecule has 3 heteroatoms. The fraction of sp³-hybridized carbons (Fsp3) is 0.500. The Bertz CT molecular complexity index is 328. The maximum Gasteiger partial charge on any atom is 0.123 e. The van der Waals surface area contributed by atoms with Gasteiger partial charge in [-0.3, -0.25) is 0 Å². The number of hydrogen-bond donors (Lipinski definition) is 1. The van der Waals surface area contributed by atoms with Crippen LogP contribution in [0.2, 0.25) is 0 Å². The summed E-state index contributed by atoms with van der Waals surface area (Å²) in [6.45, 7) is 2.59. The molecule has 1 aromatic carbocycles. The van der Waals surface area contributed by atoms with Crippen molar-refractivity contribution < 1.29 is 14.2 Å². The zero-order valence-corrected chi connectivity index (χ0v) is 8.74. The summed E-state index contributed by atoms with van der Waals surface area (Å²) in [5, 5.41) is 10.1. The van der Waals surface area contributed by atoms with E-state index >= 15 is 0 Å². The van der Waals surface area contributed by atoms with E-state index in [1.54, 1.807) is 12.1 Å². The summed E-state index contributed by atoms with van der Waals surface area (Å²) in [6, 6.07) is 5.92. The molecule has 1 fully saturated rings. The molecule has 0 bridgehead atoms. The first-order chi connectivity index (χ1) is 7.12. The third kappa shape index (κ3) is 2.03. The Morgan fingerprint density at radius 1 is 1.40 bits per heavy atom. The van der Waals surface area contributed by atoms with E-state index < -0.39 is 11.7 Å². The van der Waals surface area contributed by atoms with Gasteiger partial charge in [0.15, 0.2) is 0 Å². The van der Waals surface area contributed by atoms with Gasteiger partial charge < -0.3 is 9.84 Å². The van der Waals surface area contributed by atoms with E-state index in [2.05, 4.69) is 0 Å². The molecule has 1 aliphatic rings. The second-order valence-electron chi connectivity index (χ2n) is 4.22. The minimum Gasteiger partial charge on any atom is -0.385 e. The molecule has 0 radical (unpaired) electrons. The zero-order chi connectivity index (χ0) is 10.9. The van der Waals surface area contributed by atoms with Gasteiger partial charge in [-0.2, -0.15) is 0 Å². The molecule has 2 nitrogen and oxygen atoms in total. The molecule has 2 rings (SSSR count). The van der Waals surface area contributed by atoms with E-state index in [9.17, 15) is 9.50 Å². The van der Waals surface area contributed by atoms with Crippen LogP contribution in [-0.2, 0) is 4.74 Å². The zero-order valence-electron chi connectivity index (χ0n) is 8.74. The van der Waals surface area contributed by atoms with Crippen LogP contribution in [0, 0.1) is 5.82 Å². The molecule has 0 aliphatic carbocycles. The van der Waals surface area contributed by atoms with Crippen LogP contribution >= 0.6 is 0 Å². The van der Waals surface area contributed by atoms with Gasteiger partial charge in [0, 0.05) is 6.61 Å². The van der Waals surface area contributed by atoms with Crippen LogP contribution in [0.5, 0.6) is 0 Å². The third-order valence-corrected chi connectivity index (χ3v) is 3.01. The van der Waals surface area contributed by atoms with E-state index in [1.165, 1.54) is 12.1 Å². The number of aliphatic hydroxyl groups is 1. The Morgan fingerprint density at radius 2 is 2.07 bits per heavy atom. The molecule has 0 amide bonds. The Hall–Kier alpha value is -0.930. The number of halogens is 1. The number of aliphatic hydroxyl groups excluding tert-OH is 1. The Kier molecular flexibility index (Phi) is 2.76. The van der Waals surface area contributed by atoms with Crippen molar-refractivity contribution in [3.8, 4) is 0 Å². The Morgan fingerprint density at radius 3 is 2.60 bits per heavy atom. The maximum atomic E-state index is 12.7. The number of rotatable bonds is 2. The first-order valence-electron chi connectivity index (χ1n) is 5.19. The number of benzene rings is 1. The lowest BCUT2D eigenvalue weighted by molar-refractivity contribution is -0.0796. The largest absolute Gasteiger partial charge is 0.385 e. The lowest BCUT2D eigenvalue weighted by atomic mass is 9.90. The van der Waals surface area contributed by atoms with Crippen LogP contribution in [0.25, 0.3) is 0 Å².